The highest BCUT2D eigenvalue weighted by Crippen LogP contribution is 2.40. The van der Waals surface area contributed by atoms with Gasteiger partial charge in [-0.25, -0.2) is 0 Å². The number of benzene rings is 2. The zero-order valence-electron chi connectivity index (χ0n) is 12.0. The van der Waals surface area contributed by atoms with Crippen LogP contribution in [0.25, 0.3) is 0 Å². The molecule has 4 heteroatoms. The first-order valence-corrected chi connectivity index (χ1v) is 6.81. The lowest BCUT2D eigenvalue weighted by molar-refractivity contribution is -0.134. The van der Waals surface area contributed by atoms with Gasteiger partial charge in [0, 0.05) is 5.56 Å². The van der Waals surface area contributed by atoms with Gasteiger partial charge in [0.25, 0.3) is 5.91 Å². The monoisotopic (exact) mass is 283 g/mol. The molecule has 0 spiro atoms. The van der Waals surface area contributed by atoms with E-state index in [1.54, 1.807) is 25.0 Å². The van der Waals surface area contributed by atoms with Crippen LogP contribution in [-0.4, -0.2) is 18.1 Å². The molecule has 1 N–H and O–H groups in total. The summed E-state index contributed by atoms with van der Waals surface area (Å²) in [5, 5.41) is 10.4. The number of carbonyl (C=O) groups excluding carboxylic acids is 1. The molecule has 0 bridgehead atoms. The van der Waals surface area contributed by atoms with Crippen LogP contribution in [0.1, 0.15) is 18.1 Å². The highest BCUT2D eigenvalue weighted by molar-refractivity contribution is 6.06. The van der Waals surface area contributed by atoms with Crippen molar-refractivity contribution in [2.24, 2.45) is 0 Å². The molecule has 1 amide bonds. The lowest BCUT2D eigenvalue weighted by Gasteiger charge is -2.19. The maximum absolute atomic E-state index is 12.5. The number of carbonyl (C=O) groups is 1. The van der Waals surface area contributed by atoms with Crippen LogP contribution in [0.3, 0.4) is 0 Å². The first-order valence-electron chi connectivity index (χ1n) is 6.81. The van der Waals surface area contributed by atoms with E-state index in [4.69, 9.17) is 4.74 Å². The summed E-state index contributed by atoms with van der Waals surface area (Å²) in [4.78, 5) is 14.1. The summed E-state index contributed by atoms with van der Waals surface area (Å²) < 4.78 is 5.13. The summed E-state index contributed by atoms with van der Waals surface area (Å²) in [6, 6.07) is 14.9. The van der Waals surface area contributed by atoms with E-state index in [9.17, 15) is 9.90 Å². The van der Waals surface area contributed by atoms with Gasteiger partial charge in [-0.1, -0.05) is 30.3 Å². The van der Waals surface area contributed by atoms with Gasteiger partial charge in [0.1, 0.15) is 5.75 Å². The number of hydrogen-bond donors (Lipinski definition) is 1. The predicted octanol–water partition coefficient (Wildman–Crippen LogP) is 2.45. The van der Waals surface area contributed by atoms with Crippen LogP contribution in [0, 0.1) is 0 Å². The maximum atomic E-state index is 12.5. The Morgan fingerprint density at radius 3 is 2.48 bits per heavy atom. The molecule has 1 atom stereocenters. The van der Waals surface area contributed by atoms with Crippen molar-refractivity contribution in [2.75, 3.05) is 12.0 Å². The second kappa shape index (κ2) is 4.90. The molecule has 21 heavy (non-hydrogen) atoms. The smallest absolute Gasteiger partial charge is 0.263 e. The van der Waals surface area contributed by atoms with E-state index in [-0.39, 0.29) is 5.91 Å². The number of rotatable bonds is 3. The number of para-hydroxylation sites is 1. The average Bonchev–Trinajstić information content (AvgIpc) is 2.70. The second-order valence-corrected chi connectivity index (χ2v) is 5.33. The Morgan fingerprint density at radius 1 is 1.14 bits per heavy atom. The third-order valence-electron chi connectivity index (χ3n) is 3.88. The summed E-state index contributed by atoms with van der Waals surface area (Å²) in [5.74, 6) is 0.485. The van der Waals surface area contributed by atoms with Crippen LogP contribution in [-0.2, 0) is 16.9 Å². The highest BCUT2D eigenvalue weighted by Gasteiger charge is 2.45. The molecular formula is C17H17NO3. The number of fused-ring (bicyclic) bond motifs is 1. The zero-order valence-corrected chi connectivity index (χ0v) is 12.0. The zero-order chi connectivity index (χ0) is 15.0. The summed E-state index contributed by atoms with van der Waals surface area (Å²) >= 11 is 0. The molecule has 1 aliphatic heterocycles. The minimum Gasteiger partial charge on any atom is -0.497 e. The number of aliphatic hydroxyl groups is 1. The molecule has 0 aromatic heterocycles. The maximum Gasteiger partial charge on any atom is 0.263 e. The number of ether oxygens (including phenoxy) is 1. The normalized spacial score (nSPS) is 20.5. The molecule has 4 nitrogen and oxygen atoms in total. The van der Waals surface area contributed by atoms with Crippen molar-refractivity contribution in [3.63, 3.8) is 0 Å². The SMILES string of the molecule is COc1ccc(CN2C(=O)[C@](C)(O)c3ccccc32)cc1. The Bertz CT molecular complexity index is 677. The van der Waals surface area contributed by atoms with Gasteiger partial charge in [-0.2, -0.15) is 0 Å². The van der Waals surface area contributed by atoms with Crippen LogP contribution in [0.15, 0.2) is 48.5 Å². The number of nitrogens with zero attached hydrogens (tertiary/aromatic N) is 1. The molecule has 108 valence electrons. The molecule has 2 aromatic rings. The van der Waals surface area contributed by atoms with Crippen LogP contribution >= 0.6 is 0 Å². The van der Waals surface area contributed by atoms with Crippen LogP contribution < -0.4 is 9.64 Å². The van der Waals surface area contributed by atoms with Crippen LogP contribution in [0.2, 0.25) is 0 Å². The fourth-order valence-corrected chi connectivity index (χ4v) is 2.68. The van der Waals surface area contributed by atoms with E-state index in [0.29, 0.717) is 12.1 Å². The van der Waals surface area contributed by atoms with Gasteiger partial charge in [-0.15, -0.1) is 0 Å². The fraction of sp³-hybridized carbons (Fsp3) is 0.235. The van der Waals surface area contributed by atoms with Crippen LogP contribution in [0.5, 0.6) is 5.75 Å². The number of amides is 1. The largest absolute Gasteiger partial charge is 0.497 e. The molecule has 0 radical (unpaired) electrons. The molecular weight excluding hydrogens is 266 g/mol. The molecule has 0 saturated heterocycles. The van der Waals surface area contributed by atoms with Gasteiger partial charge in [-0.05, 0) is 30.7 Å². The summed E-state index contributed by atoms with van der Waals surface area (Å²) in [6.07, 6.45) is 0. The summed E-state index contributed by atoms with van der Waals surface area (Å²) in [5.41, 5.74) is 0.951. The van der Waals surface area contributed by atoms with Gasteiger partial charge in [0.2, 0.25) is 0 Å². The second-order valence-electron chi connectivity index (χ2n) is 5.33. The minimum absolute atomic E-state index is 0.292. The Kier molecular flexibility index (Phi) is 3.18. The molecule has 3 rings (SSSR count). The molecule has 0 fully saturated rings. The van der Waals surface area contributed by atoms with E-state index >= 15 is 0 Å². The van der Waals surface area contributed by atoms with Crippen molar-refractivity contribution in [3.8, 4) is 5.75 Å². The van der Waals surface area contributed by atoms with Gasteiger partial charge in [0.05, 0.1) is 19.3 Å². The Morgan fingerprint density at radius 2 is 1.81 bits per heavy atom. The third kappa shape index (κ3) is 2.17. The molecule has 0 saturated carbocycles. The number of anilines is 1. The Labute approximate surface area is 123 Å². The molecule has 0 unspecified atom stereocenters. The highest BCUT2D eigenvalue weighted by atomic mass is 16.5. The van der Waals surface area contributed by atoms with Gasteiger partial charge < -0.3 is 14.7 Å². The Hall–Kier alpha value is -2.33. The molecule has 2 aromatic carbocycles. The van der Waals surface area contributed by atoms with E-state index in [1.807, 2.05) is 42.5 Å². The lowest BCUT2D eigenvalue weighted by atomic mass is 9.98. The van der Waals surface area contributed by atoms with Crippen molar-refractivity contribution in [2.45, 2.75) is 19.1 Å². The number of hydrogen-bond acceptors (Lipinski definition) is 3. The van der Waals surface area contributed by atoms with Crippen molar-refractivity contribution >= 4 is 11.6 Å². The molecule has 1 aliphatic rings. The van der Waals surface area contributed by atoms with Crippen molar-refractivity contribution in [3.05, 3.63) is 59.7 Å². The summed E-state index contributed by atoms with van der Waals surface area (Å²) in [6.45, 7) is 1.97. The van der Waals surface area contributed by atoms with E-state index in [1.165, 1.54) is 0 Å². The Balaban J connectivity index is 1.93. The van der Waals surface area contributed by atoms with Gasteiger partial charge in [0.15, 0.2) is 5.60 Å². The minimum atomic E-state index is -1.46. The van der Waals surface area contributed by atoms with E-state index in [2.05, 4.69) is 0 Å². The first kappa shape index (κ1) is 13.6. The topological polar surface area (TPSA) is 49.8 Å². The van der Waals surface area contributed by atoms with Crippen molar-refractivity contribution < 1.29 is 14.6 Å². The van der Waals surface area contributed by atoms with Gasteiger partial charge in [-0.3, -0.25) is 4.79 Å². The summed E-state index contributed by atoms with van der Waals surface area (Å²) in [7, 11) is 1.62. The van der Waals surface area contributed by atoms with Crippen LogP contribution in [0.4, 0.5) is 5.69 Å². The fourth-order valence-electron chi connectivity index (χ4n) is 2.68. The van der Waals surface area contributed by atoms with Gasteiger partial charge >= 0.3 is 0 Å². The predicted molar refractivity (Wildman–Crippen MR) is 80.2 cm³/mol. The first-order chi connectivity index (χ1) is 10.0. The number of methoxy groups -OCH3 is 1. The standard InChI is InChI=1S/C17H17NO3/c1-17(20)14-5-3-4-6-15(14)18(16(17)19)11-12-7-9-13(21-2)10-8-12/h3-10,20H,11H2,1-2H3/t17-/m1/s1. The van der Waals surface area contributed by atoms with Crippen molar-refractivity contribution in [1.29, 1.82) is 0 Å². The van der Waals surface area contributed by atoms with Crippen molar-refractivity contribution in [1.82, 2.24) is 0 Å². The molecule has 1 heterocycles. The quantitative estimate of drug-likeness (QED) is 0.941. The third-order valence-corrected chi connectivity index (χ3v) is 3.88. The van der Waals surface area contributed by atoms with E-state index in [0.717, 1.165) is 17.0 Å². The average molecular weight is 283 g/mol. The molecule has 0 aliphatic carbocycles. The lowest BCUT2D eigenvalue weighted by Crippen LogP contribution is -2.37. The van der Waals surface area contributed by atoms with E-state index < -0.39 is 5.60 Å².